The van der Waals surface area contributed by atoms with Crippen LogP contribution in [0.15, 0.2) is 30.6 Å². The summed E-state index contributed by atoms with van der Waals surface area (Å²) >= 11 is 7.15. The van der Waals surface area contributed by atoms with Crippen molar-refractivity contribution in [2.45, 2.75) is 38.7 Å². The molecule has 0 amide bonds. The molecule has 1 N–H and O–H groups in total. The summed E-state index contributed by atoms with van der Waals surface area (Å²) in [4.78, 5) is 8.54. The zero-order chi connectivity index (χ0) is 21.2. The van der Waals surface area contributed by atoms with Crippen molar-refractivity contribution in [1.82, 2.24) is 9.97 Å². The lowest BCUT2D eigenvalue weighted by molar-refractivity contribution is -0.274. The van der Waals surface area contributed by atoms with Gasteiger partial charge in [-0.15, -0.1) is 24.5 Å². The van der Waals surface area contributed by atoms with Crippen LogP contribution in [0.4, 0.5) is 13.2 Å². The lowest BCUT2D eigenvalue weighted by Gasteiger charge is -2.27. The van der Waals surface area contributed by atoms with Crippen molar-refractivity contribution in [1.29, 1.82) is 0 Å². The molecule has 0 aliphatic rings. The Balaban J connectivity index is 2.14. The predicted molar refractivity (Wildman–Crippen MR) is 105 cm³/mol. The van der Waals surface area contributed by atoms with E-state index in [0.717, 1.165) is 17.4 Å². The topological polar surface area (TPSA) is 64.5 Å². The van der Waals surface area contributed by atoms with Gasteiger partial charge in [0.05, 0.1) is 22.4 Å². The van der Waals surface area contributed by atoms with E-state index in [1.54, 1.807) is 12.3 Å². The molecule has 0 aliphatic heterocycles. The third kappa shape index (κ3) is 4.41. The van der Waals surface area contributed by atoms with Gasteiger partial charge in [-0.2, -0.15) is 0 Å². The second-order valence-corrected chi connectivity index (χ2v) is 7.58. The summed E-state index contributed by atoms with van der Waals surface area (Å²) < 4.78 is 47.7. The number of fused-ring (bicyclic) bond motifs is 1. The van der Waals surface area contributed by atoms with Crippen molar-refractivity contribution in [3.8, 4) is 11.5 Å². The number of rotatable bonds is 7. The number of benzene rings is 1. The van der Waals surface area contributed by atoms with Crippen LogP contribution in [0.2, 0.25) is 5.02 Å². The van der Waals surface area contributed by atoms with Crippen LogP contribution in [0.5, 0.6) is 11.5 Å². The molecule has 1 unspecified atom stereocenters. The van der Waals surface area contributed by atoms with Crippen molar-refractivity contribution in [3.63, 3.8) is 0 Å². The van der Waals surface area contributed by atoms with Gasteiger partial charge in [-0.25, -0.2) is 4.98 Å². The Morgan fingerprint density at radius 1 is 1.17 bits per heavy atom. The first-order chi connectivity index (χ1) is 13.7. The number of halogens is 4. The Morgan fingerprint density at radius 2 is 1.93 bits per heavy atom. The highest BCUT2D eigenvalue weighted by Crippen LogP contribution is 2.45. The molecule has 1 aromatic carbocycles. The molecule has 2 aromatic heterocycles. The van der Waals surface area contributed by atoms with Crippen molar-refractivity contribution < 1.29 is 27.8 Å². The molecule has 10 heteroatoms. The zero-order valence-corrected chi connectivity index (χ0v) is 17.2. The first-order valence-corrected chi connectivity index (χ1v) is 10.0. The molecule has 0 saturated heterocycles. The first kappa shape index (κ1) is 21.6. The van der Waals surface area contributed by atoms with E-state index in [1.807, 2.05) is 13.8 Å². The molecule has 0 fully saturated rings. The number of aromatic nitrogens is 2. The average molecular weight is 447 g/mol. The molecule has 5 nitrogen and oxygen atoms in total. The van der Waals surface area contributed by atoms with Gasteiger partial charge in [0.25, 0.3) is 0 Å². The Morgan fingerprint density at radius 3 is 2.59 bits per heavy atom. The fourth-order valence-corrected chi connectivity index (χ4v) is 4.46. The van der Waals surface area contributed by atoms with Crippen molar-refractivity contribution in [2.24, 2.45) is 0 Å². The summed E-state index contributed by atoms with van der Waals surface area (Å²) in [6.07, 6.45) is -0.885. The smallest absolute Gasteiger partial charge is 0.493 e. The van der Waals surface area contributed by atoms with Crippen LogP contribution in [-0.2, 0) is 5.60 Å². The van der Waals surface area contributed by atoms with Crippen LogP contribution >= 0.6 is 22.9 Å². The summed E-state index contributed by atoms with van der Waals surface area (Å²) in [5.41, 5.74) is -0.738. The summed E-state index contributed by atoms with van der Waals surface area (Å²) in [5, 5.41) is 11.7. The van der Waals surface area contributed by atoms with Gasteiger partial charge in [-0.05, 0) is 31.5 Å². The highest BCUT2D eigenvalue weighted by Gasteiger charge is 2.38. The molecule has 2 heterocycles. The van der Waals surface area contributed by atoms with Gasteiger partial charge in [0, 0.05) is 12.4 Å². The van der Waals surface area contributed by atoms with Crippen molar-refractivity contribution >= 4 is 33.2 Å². The number of ether oxygens (including phenoxy) is 2. The monoisotopic (exact) mass is 446 g/mol. The minimum Gasteiger partial charge on any atom is -0.493 e. The Bertz CT molecular complexity index is 1010. The van der Waals surface area contributed by atoms with E-state index >= 15 is 0 Å². The van der Waals surface area contributed by atoms with Crippen LogP contribution in [0.1, 0.15) is 37.3 Å². The van der Waals surface area contributed by atoms with E-state index in [9.17, 15) is 18.3 Å². The number of nitrogens with zero attached hydrogens (tertiary/aromatic N) is 2. The fraction of sp³-hybridized carbons (Fsp3) is 0.368. The van der Waals surface area contributed by atoms with Crippen LogP contribution in [-0.4, -0.2) is 28.0 Å². The van der Waals surface area contributed by atoms with E-state index in [4.69, 9.17) is 16.3 Å². The third-order valence-electron chi connectivity index (χ3n) is 4.18. The van der Waals surface area contributed by atoms with Gasteiger partial charge in [0.1, 0.15) is 27.1 Å². The maximum atomic E-state index is 12.6. The maximum absolute atomic E-state index is 12.6. The molecule has 156 valence electrons. The summed E-state index contributed by atoms with van der Waals surface area (Å²) in [6, 6.07) is 4.13. The van der Waals surface area contributed by atoms with Gasteiger partial charge in [-0.3, -0.25) is 4.98 Å². The molecular formula is C19H18ClF3N2O3S. The number of alkyl halides is 3. The molecule has 1 atom stereocenters. The molecule has 0 radical (unpaired) electrons. The summed E-state index contributed by atoms with van der Waals surface area (Å²) in [6.45, 7) is 4.11. The Labute approximate surface area is 174 Å². The van der Waals surface area contributed by atoms with Crippen molar-refractivity contribution in [2.75, 3.05) is 6.61 Å². The van der Waals surface area contributed by atoms with Gasteiger partial charge in [-0.1, -0.05) is 24.9 Å². The number of thiazole rings is 1. The lowest BCUT2D eigenvalue weighted by Crippen LogP contribution is -2.28. The fourth-order valence-electron chi connectivity index (χ4n) is 3.01. The van der Waals surface area contributed by atoms with Crippen molar-refractivity contribution in [3.05, 3.63) is 46.2 Å². The van der Waals surface area contributed by atoms with Crippen LogP contribution in [0.3, 0.4) is 0 Å². The molecule has 0 saturated carbocycles. The predicted octanol–water partition coefficient (Wildman–Crippen LogP) is 5.68. The number of hydrogen-bond acceptors (Lipinski definition) is 6. The Hall–Kier alpha value is -2.10. The standard InChI is InChI=1S/C19H18ClF3N2O3S/c1-3-8-18(26,11-10-24-9-7-13(11)27-4-2)17-25-12-5-6-14(28-19(21,22)23)15(20)16(12)29-17/h5-7,9-10,26H,3-4,8H2,1-2H3. The number of hydrogen-bond donors (Lipinski definition) is 1. The second-order valence-electron chi connectivity index (χ2n) is 6.21. The quantitative estimate of drug-likeness (QED) is 0.506. The largest absolute Gasteiger partial charge is 0.573 e. The minimum atomic E-state index is -4.87. The SMILES string of the molecule is CCCC(O)(c1nc2ccc(OC(F)(F)F)c(Cl)c2s1)c1cnccc1OCC. The van der Waals surface area contributed by atoms with E-state index in [1.165, 1.54) is 12.3 Å². The molecule has 29 heavy (non-hydrogen) atoms. The highest BCUT2D eigenvalue weighted by molar-refractivity contribution is 7.19. The maximum Gasteiger partial charge on any atom is 0.573 e. The van der Waals surface area contributed by atoms with E-state index in [2.05, 4.69) is 14.7 Å². The van der Waals surface area contributed by atoms with Gasteiger partial charge in [0.2, 0.25) is 0 Å². The first-order valence-electron chi connectivity index (χ1n) is 8.84. The van der Waals surface area contributed by atoms with E-state index < -0.39 is 17.7 Å². The molecule has 0 aliphatic carbocycles. The normalized spacial score (nSPS) is 14.0. The number of pyridine rings is 1. The molecule has 0 spiro atoms. The average Bonchev–Trinajstić information content (AvgIpc) is 3.10. The van der Waals surface area contributed by atoms with E-state index in [0.29, 0.717) is 41.0 Å². The second kappa shape index (κ2) is 8.33. The van der Waals surface area contributed by atoms with Crippen LogP contribution < -0.4 is 9.47 Å². The van der Waals surface area contributed by atoms with Crippen LogP contribution in [0.25, 0.3) is 10.2 Å². The van der Waals surface area contributed by atoms with Gasteiger partial charge >= 0.3 is 6.36 Å². The summed E-state index contributed by atoms with van der Waals surface area (Å²) in [5.74, 6) is -0.0535. The summed E-state index contributed by atoms with van der Waals surface area (Å²) in [7, 11) is 0. The highest BCUT2D eigenvalue weighted by atomic mass is 35.5. The molecule has 3 rings (SSSR count). The molecule has 0 bridgehead atoms. The lowest BCUT2D eigenvalue weighted by atomic mass is 9.90. The van der Waals surface area contributed by atoms with Crippen LogP contribution in [0, 0.1) is 0 Å². The molecular weight excluding hydrogens is 429 g/mol. The third-order valence-corrected chi connectivity index (χ3v) is 5.91. The number of aliphatic hydroxyl groups is 1. The molecule has 3 aromatic rings. The van der Waals surface area contributed by atoms with E-state index in [-0.39, 0.29) is 10.0 Å². The van der Waals surface area contributed by atoms with Gasteiger partial charge in [0.15, 0.2) is 0 Å². The minimum absolute atomic E-state index is 0.210. The van der Waals surface area contributed by atoms with Gasteiger partial charge < -0.3 is 14.6 Å². The Kier molecular flexibility index (Phi) is 6.21. The zero-order valence-electron chi connectivity index (χ0n) is 15.6.